The molecule has 2 aliphatic heterocycles. The number of aromatic nitrogens is 1. The minimum absolute atomic E-state index is 0.0466. The number of pyridine rings is 1. The van der Waals surface area contributed by atoms with Crippen LogP contribution in [0.2, 0.25) is 5.02 Å². The molecule has 2 atom stereocenters. The minimum Gasteiger partial charge on any atom is -0.484 e. The average molecular weight is 358 g/mol. The first-order valence-corrected chi connectivity index (χ1v) is 8.92. The van der Waals surface area contributed by atoms with Crippen LogP contribution in [-0.2, 0) is 4.79 Å². The Morgan fingerprint density at radius 1 is 1.20 bits per heavy atom. The number of likely N-dealkylation sites (tertiary alicyclic amines) is 1. The van der Waals surface area contributed by atoms with Crippen LogP contribution in [0.4, 0.5) is 5.82 Å². The highest BCUT2D eigenvalue weighted by Gasteiger charge is 2.43. The molecular formula is C19H20ClN3O2. The topological polar surface area (TPSA) is 45.7 Å². The van der Waals surface area contributed by atoms with E-state index in [4.69, 9.17) is 16.3 Å². The molecule has 0 radical (unpaired) electrons. The molecule has 0 spiro atoms. The summed E-state index contributed by atoms with van der Waals surface area (Å²) in [6.07, 6.45) is 2.85. The number of benzene rings is 1. The van der Waals surface area contributed by atoms with E-state index in [9.17, 15) is 4.79 Å². The molecule has 2 fully saturated rings. The summed E-state index contributed by atoms with van der Waals surface area (Å²) in [6, 6.07) is 13.3. The van der Waals surface area contributed by atoms with E-state index in [0.717, 1.165) is 31.9 Å². The number of nitrogens with zero attached hydrogens (tertiary/aromatic N) is 3. The van der Waals surface area contributed by atoms with E-state index in [2.05, 4.69) is 9.88 Å². The zero-order chi connectivity index (χ0) is 17.2. The van der Waals surface area contributed by atoms with Gasteiger partial charge in [0.2, 0.25) is 0 Å². The van der Waals surface area contributed by atoms with E-state index >= 15 is 0 Å². The molecule has 4 rings (SSSR count). The van der Waals surface area contributed by atoms with Crippen LogP contribution in [0.25, 0.3) is 0 Å². The maximum atomic E-state index is 12.6. The zero-order valence-corrected chi connectivity index (χ0v) is 14.6. The van der Waals surface area contributed by atoms with Crippen LogP contribution in [0.3, 0.4) is 0 Å². The van der Waals surface area contributed by atoms with Crippen molar-refractivity contribution in [3.63, 3.8) is 0 Å². The maximum Gasteiger partial charge on any atom is 0.260 e. The Kier molecular flexibility index (Phi) is 4.49. The Hall–Kier alpha value is -2.27. The van der Waals surface area contributed by atoms with Crippen molar-refractivity contribution in [2.75, 3.05) is 31.1 Å². The molecule has 5 nitrogen and oxygen atoms in total. The third-order valence-corrected chi connectivity index (χ3v) is 5.27. The third kappa shape index (κ3) is 3.42. The number of carbonyl (C=O) groups is 1. The lowest BCUT2D eigenvalue weighted by Gasteiger charge is -2.25. The van der Waals surface area contributed by atoms with Crippen LogP contribution in [0, 0.1) is 5.92 Å². The van der Waals surface area contributed by atoms with E-state index < -0.39 is 0 Å². The molecule has 2 saturated heterocycles. The van der Waals surface area contributed by atoms with Crippen LogP contribution in [0.5, 0.6) is 5.75 Å². The highest BCUT2D eigenvalue weighted by molar-refractivity contribution is 6.30. The summed E-state index contributed by atoms with van der Waals surface area (Å²) in [4.78, 5) is 21.3. The Morgan fingerprint density at radius 3 is 2.80 bits per heavy atom. The summed E-state index contributed by atoms with van der Waals surface area (Å²) in [5, 5.41) is 0.654. The lowest BCUT2D eigenvalue weighted by Crippen LogP contribution is -2.42. The van der Waals surface area contributed by atoms with E-state index in [-0.39, 0.29) is 18.6 Å². The fourth-order valence-corrected chi connectivity index (χ4v) is 3.88. The first-order chi connectivity index (χ1) is 12.2. The van der Waals surface area contributed by atoms with Crippen molar-refractivity contribution in [3.8, 4) is 5.75 Å². The normalized spacial score (nSPS) is 22.1. The fourth-order valence-electron chi connectivity index (χ4n) is 3.76. The van der Waals surface area contributed by atoms with E-state index in [1.165, 1.54) is 0 Å². The molecule has 1 aromatic carbocycles. The number of halogens is 1. The lowest BCUT2D eigenvalue weighted by atomic mass is 10.1. The molecule has 6 heteroatoms. The smallest absolute Gasteiger partial charge is 0.260 e. The Labute approximate surface area is 152 Å². The Bertz CT molecular complexity index is 738. The highest BCUT2D eigenvalue weighted by atomic mass is 35.5. The van der Waals surface area contributed by atoms with Gasteiger partial charge < -0.3 is 14.5 Å². The molecule has 0 aliphatic carbocycles. The SMILES string of the molecule is O=C(COc1ccc(Cl)cc1)N1CCC2CN(c3ccccn3)CC21. The third-order valence-electron chi connectivity index (χ3n) is 5.02. The molecule has 130 valence electrons. The second kappa shape index (κ2) is 6.92. The summed E-state index contributed by atoms with van der Waals surface area (Å²) >= 11 is 5.86. The average Bonchev–Trinajstić information content (AvgIpc) is 3.22. The van der Waals surface area contributed by atoms with Gasteiger partial charge in [0.25, 0.3) is 5.91 Å². The summed E-state index contributed by atoms with van der Waals surface area (Å²) in [5.74, 6) is 2.21. The van der Waals surface area contributed by atoms with Gasteiger partial charge in [0, 0.05) is 36.8 Å². The van der Waals surface area contributed by atoms with Gasteiger partial charge in [-0.3, -0.25) is 4.79 Å². The number of hydrogen-bond donors (Lipinski definition) is 0. The van der Waals surface area contributed by atoms with Crippen molar-refractivity contribution >= 4 is 23.3 Å². The quantitative estimate of drug-likeness (QED) is 0.844. The number of ether oxygens (including phenoxy) is 1. The first kappa shape index (κ1) is 16.2. The second-order valence-electron chi connectivity index (χ2n) is 6.54. The maximum absolute atomic E-state index is 12.6. The fraction of sp³-hybridized carbons (Fsp3) is 0.368. The largest absolute Gasteiger partial charge is 0.484 e. The van der Waals surface area contributed by atoms with Crippen molar-refractivity contribution in [2.45, 2.75) is 12.5 Å². The molecule has 0 N–H and O–H groups in total. The van der Waals surface area contributed by atoms with Crippen molar-refractivity contribution in [2.24, 2.45) is 5.92 Å². The summed E-state index contributed by atoms with van der Waals surface area (Å²) in [6.45, 7) is 2.68. The number of anilines is 1. The Balaban J connectivity index is 1.36. The summed E-state index contributed by atoms with van der Waals surface area (Å²) in [5.41, 5.74) is 0. The molecule has 1 amide bonds. The molecule has 2 unspecified atom stereocenters. The molecule has 0 bridgehead atoms. The molecule has 2 aliphatic rings. The van der Waals surface area contributed by atoms with Crippen molar-refractivity contribution < 1.29 is 9.53 Å². The standard InChI is InChI=1S/C19H20ClN3O2/c20-15-4-6-16(7-5-15)25-13-19(24)23-10-8-14-11-22(12-17(14)23)18-3-1-2-9-21-18/h1-7,9,14,17H,8,10-13H2. The number of carbonyl (C=O) groups excluding carboxylic acids is 1. The minimum atomic E-state index is 0.0466. The molecule has 0 saturated carbocycles. The predicted molar refractivity (Wildman–Crippen MR) is 97.0 cm³/mol. The number of amides is 1. The molecule has 1 aromatic heterocycles. The Morgan fingerprint density at radius 2 is 2.04 bits per heavy atom. The van der Waals surface area contributed by atoms with Crippen LogP contribution < -0.4 is 9.64 Å². The van der Waals surface area contributed by atoms with Crippen LogP contribution >= 0.6 is 11.6 Å². The number of fused-ring (bicyclic) bond motifs is 1. The van der Waals surface area contributed by atoms with Crippen molar-refractivity contribution in [1.82, 2.24) is 9.88 Å². The van der Waals surface area contributed by atoms with Crippen LogP contribution in [0.1, 0.15) is 6.42 Å². The lowest BCUT2D eigenvalue weighted by molar-refractivity contribution is -0.134. The van der Waals surface area contributed by atoms with Gasteiger partial charge in [0.15, 0.2) is 6.61 Å². The molecule has 2 aromatic rings. The van der Waals surface area contributed by atoms with Gasteiger partial charge >= 0.3 is 0 Å². The second-order valence-corrected chi connectivity index (χ2v) is 6.98. The molecule has 25 heavy (non-hydrogen) atoms. The first-order valence-electron chi connectivity index (χ1n) is 8.54. The van der Waals surface area contributed by atoms with E-state index in [1.54, 1.807) is 24.3 Å². The van der Waals surface area contributed by atoms with Gasteiger partial charge in [-0.25, -0.2) is 4.98 Å². The van der Waals surface area contributed by atoms with E-state index in [1.807, 2.05) is 29.3 Å². The zero-order valence-electron chi connectivity index (χ0n) is 13.8. The number of hydrogen-bond acceptors (Lipinski definition) is 4. The number of rotatable bonds is 4. The monoisotopic (exact) mass is 357 g/mol. The van der Waals surface area contributed by atoms with Crippen LogP contribution in [0.15, 0.2) is 48.7 Å². The molecule has 3 heterocycles. The summed E-state index contributed by atoms with van der Waals surface area (Å²) in [7, 11) is 0. The van der Waals surface area contributed by atoms with Gasteiger partial charge in [-0.1, -0.05) is 17.7 Å². The van der Waals surface area contributed by atoms with Gasteiger partial charge in [-0.15, -0.1) is 0 Å². The van der Waals surface area contributed by atoms with E-state index in [0.29, 0.717) is 16.7 Å². The van der Waals surface area contributed by atoms with Crippen molar-refractivity contribution in [1.29, 1.82) is 0 Å². The highest BCUT2D eigenvalue weighted by Crippen LogP contribution is 2.33. The summed E-state index contributed by atoms with van der Waals surface area (Å²) < 4.78 is 5.62. The van der Waals surface area contributed by atoms with Gasteiger partial charge in [-0.05, 0) is 42.8 Å². The molecular weight excluding hydrogens is 338 g/mol. The van der Waals surface area contributed by atoms with Crippen LogP contribution in [-0.4, -0.2) is 48.1 Å². The van der Waals surface area contributed by atoms with Gasteiger partial charge in [0.05, 0.1) is 6.04 Å². The van der Waals surface area contributed by atoms with Crippen molar-refractivity contribution in [3.05, 3.63) is 53.7 Å². The van der Waals surface area contributed by atoms with Gasteiger partial charge in [-0.2, -0.15) is 0 Å². The van der Waals surface area contributed by atoms with Gasteiger partial charge in [0.1, 0.15) is 11.6 Å². The predicted octanol–water partition coefficient (Wildman–Crippen LogP) is 2.85.